The number of ether oxygens (including phenoxy) is 1. The summed E-state index contributed by atoms with van der Waals surface area (Å²) < 4.78 is 5.38. The van der Waals surface area contributed by atoms with E-state index in [0.717, 1.165) is 24.3 Å². The first kappa shape index (κ1) is 16.0. The Morgan fingerprint density at radius 2 is 1.72 bits per heavy atom. The van der Waals surface area contributed by atoms with Gasteiger partial charge in [-0.1, -0.05) is 20.8 Å². The lowest BCUT2D eigenvalue weighted by molar-refractivity contribution is 0.0970. The largest absolute Gasteiger partial charge is 0.382 e. The van der Waals surface area contributed by atoms with Crippen LogP contribution in [0.5, 0.6) is 0 Å². The van der Waals surface area contributed by atoms with Gasteiger partial charge in [0.1, 0.15) is 0 Å². The van der Waals surface area contributed by atoms with Gasteiger partial charge in [-0.2, -0.15) is 0 Å². The van der Waals surface area contributed by atoms with Gasteiger partial charge in [0.05, 0.1) is 6.10 Å². The van der Waals surface area contributed by atoms with Gasteiger partial charge in [0.15, 0.2) is 0 Å². The van der Waals surface area contributed by atoms with E-state index in [2.05, 4.69) is 33.0 Å². The molecule has 2 heteroatoms. The average molecular weight is 255 g/mol. The van der Waals surface area contributed by atoms with E-state index in [1.54, 1.807) is 0 Å². The molecule has 108 valence electrons. The van der Waals surface area contributed by atoms with Crippen LogP contribution in [0.1, 0.15) is 59.8 Å². The minimum absolute atomic E-state index is 0.393. The van der Waals surface area contributed by atoms with Gasteiger partial charge in [-0.3, -0.25) is 0 Å². The molecule has 0 bridgehead atoms. The van der Waals surface area contributed by atoms with Crippen LogP contribution in [0.2, 0.25) is 0 Å². The van der Waals surface area contributed by atoms with Crippen molar-refractivity contribution in [3.05, 3.63) is 0 Å². The van der Waals surface area contributed by atoms with Gasteiger partial charge in [-0.25, -0.2) is 0 Å². The van der Waals surface area contributed by atoms with Crippen LogP contribution in [0.3, 0.4) is 0 Å². The van der Waals surface area contributed by atoms with E-state index >= 15 is 0 Å². The predicted molar refractivity (Wildman–Crippen MR) is 78.8 cm³/mol. The quantitative estimate of drug-likeness (QED) is 0.746. The van der Waals surface area contributed by atoms with Crippen molar-refractivity contribution in [3.8, 4) is 0 Å². The molecule has 1 aliphatic carbocycles. The predicted octanol–water partition coefficient (Wildman–Crippen LogP) is 3.85. The third-order valence-electron chi connectivity index (χ3n) is 4.54. The standard InChI is InChI=1S/C16H33NO/c1-6-17-16(8-7-14(4)18-5)15-10-12(2)9-13(3)11-15/h12-17H,6-11H2,1-5H3. The molecule has 1 aliphatic rings. The molecule has 2 nitrogen and oxygen atoms in total. The third kappa shape index (κ3) is 5.27. The van der Waals surface area contributed by atoms with Gasteiger partial charge in [0.25, 0.3) is 0 Å². The second-order valence-electron chi connectivity index (χ2n) is 6.47. The molecule has 0 aromatic heterocycles. The lowest BCUT2D eigenvalue weighted by atomic mass is 9.73. The number of hydrogen-bond donors (Lipinski definition) is 1. The first-order chi connectivity index (χ1) is 8.56. The topological polar surface area (TPSA) is 21.3 Å². The van der Waals surface area contributed by atoms with Crippen LogP contribution >= 0.6 is 0 Å². The Kier molecular flexibility index (Phi) is 7.25. The van der Waals surface area contributed by atoms with Gasteiger partial charge in [-0.15, -0.1) is 0 Å². The normalized spacial score (nSPS) is 32.2. The van der Waals surface area contributed by atoms with Crippen LogP contribution in [0.15, 0.2) is 0 Å². The maximum atomic E-state index is 5.38. The molecule has 0 spiro atoms. The zero-order chi connectivity index (χ0) is 13.5. The number of methoxy groups -OCH3 is 1. The highest BCUT2D eigenvalue weighted by atomic mass is 16.5. The summed E-state index contributed by atoms with van der Waals surface area (Å²) in [4.78, 5) is 0. The molecule has 0 amide bonds. The van der Waals surface area contributed by atoms with E-state index in [1.807, 2.05) is 7.11 Å². The molecule has 0 saturated heterocycles. The summed E-state index contributed by atoms with van der Waals surface area (Å²) in [6.45, 7) is 10.3. The SMILES string of the molecule is CCNC(CCC(C)OC)C1CC(C)CC(C)C1. The minimum Gasteiger partial charge on any atom is -0.382 e. The highest BCUT2D eigenvalue weighted by Crippen LogP contribution is 2.35. The van der Waals surface area contributed by atoms with E-state index in [-0.39, 0.29) is 0 Å². The van der Waals surface area contributed by atoms with Crippen molar-refractivity contribution in [2.45, 2.75) is 71.9 Å². The molecular formula is C16H33NO. The minimum atomic E-state index is 0.393. The van der Waals surface area contributed by atoms with E-state index in [0.29, 0.717) is 12.1 Å². The fourth-order valence-corrected chi connectivity index (χ4v) is 3.64. The van der Waals surface area contributed by atoms with Gasteiger partial charge >= 0.3 is 0 Å². The van der Waals surface area contributed by atoms with Crippen molar-refractivity contribution < 1.29 is 4.74 Å². The zero-order valence-electron chi connectivity index (χ0n) is 13.0. The van der Waals surface area contributed by atoms with Crippen LogP contribution in [0, 0.1) is 17.8 Å². The lowest BCUT2D eigenvalue weighted by Crippen LogP contribution is -2.40. The molecule has 0 heterocycles. The average Bonchev–Trinajstić information content (AvgIpc) is 2.32. The first-order valence-corrected chi connectivity index (χ1v) is 7.82. The lowest BCUT2D eigenvalue weighted by Gasteiger charge is -2.37. The molecule has 0 aromatic carbocycles. The van der Waals surface area contributed by atoms with E-state index in [9.17, 15) is 0 Å². The summed E-state index contributed by atoms with van der Waals surface area (Å²) in [5, 5.41) is 3.72. The highest BCUT2D eigenvalue weighted by Gasteiger charge is 2.29. The summed E-state index contributed by atoms with van der Waals surface area (Å²) >= 11 is 0. The van der Waals surface area contributed by atoms with Crippen molar-refractivity contribution in [2.24, 2.45) is 17.8 Å². The third-order valence-corrected chi connectivity index (χ3v) is 4.54. The van der Waals surface area contributed by atoms with Crippen molar-refractivity contribution in [1.82, 2.24) is 5.32 Å². The Hall–Kier alpha value is -0.0800. The summed E-state index contributed by atoms with van der Waals surface area (Å²) in [6, 6.07) is 0.692. The molecule has 0 aliphatic heterocycles. The molecule has 1 rings (SSSR count). The van der Waals surface area contributed by atoms with Crippen LogP contribution < -0.4 is 5.32 Å². The zero-order valence-corrected chi connectivity index (χ0v) is 13.0. The second-order valence-corrected chi connectivity index (χ2v) is 6.47. The van der Waals surface area contributed by atoms with E-state index < -0.39 is 0 Å². The Morgan fingerprint density at radius 1 is 1.11 bits per heavy atom. The first-order valence-electron chi connectivity index (χ1n) is 7.82. The summed E-state index contributed by atoms with van der Waals surface area (Å²) in [5.74, 6) is 2.67. The molecule has 4 atom stereocenters. The smallest absolute Gasteiger partial charge is 0.0543 e. The maximum absolute atomic E-state index is 5.38. The Bertz CT molecular complexity index is 209. The molecule has 0 aromatic rings. The molecule has 1 fully saturated rings. The summed E-state index contributed by atoms with van der Waals surface area (Å²) in [7, 11) is 1.82. The van der Waals surface area contributed by atoms with Crippen LogP contribution in [-0.4, -0.2) is 25.8 Å². The van der Waals surface area contributed by atoms with Crippen molar-refractivity contribution in [3.63, 3.8) is 0 Å². The molecule has 18 heavy (non-hydrogen) atoms. The Balaban J connectivity index is 2.48. The van der Waals surface area contributed by atoms with Gasteiger partial charge in [-0.05, 0) is 63.3 Å². The highest BCUT2D eigenvalue weighted by molar-refractivity contribution is 4.84. The summed E-state index contributed by atoms with van der Waals surface area (Å²) in [6.07, 6.45) is 7.06. The maximum Gasteiger partial charge on any atom is 0.0543 e. The van der Waals surface area contributed by atoms with Crippen molar-refractivity contribution >= 4 is 0 Å². The van der Waals surface area contributed by atoms with Gasteiger partial charge < -0.3 is 10.1 Å². The Morgan fingerprint density at radius 3 is 2.22 bits per heavy atom. The van der Waals surface area contributed by atoms with Gasteiger partial charge in [0.2, 0.25) is 0 Å². The molecule has 4 unspecified atom stereocenters. The van der Waals surface area contributed by atoms with E-state index in [1.165, 1.54) is 32.1 Å². The van der Waals surface area contributed by atoms with Crippen molar-refractivity contribution in [2.75, 3.05) is 13.7 Å². The number of nitrogens with one attached hydrogen (secondary N) is 1. The Labute approximate surface area is 114 Å². The van der Waals surface area contributed by atoms with Crippen LogP contribution in [-0.2, 0) is 4.74 Å². The van der Waals surface area contributed by atoms with Gasteiger partial charge in [0, 0.05) is 13.2 Å². The molecule has 1 saturated carbocycles. The molecule has 1 N–H and O–H groups in total. The number of rotatable bonds is 7. The van der Waals surface area contributed by atoms with Crippen molar-refractivity contribution in [1.29, 1.82) is 0 Å². The summed E-state index contributed by atoms with van der Waals surface area (Å²) in [5.41, 5.74) is 0. The van der Waals surface area contributed by atoms with E-state index in [4.69, 9.17) is 4.74 Å². The fourth-order valence-electron chi connectivity index (χ4n) is 3.64. The van der Waals surface area contributed by atoms with Crippen LogP contribution in [0.25, 0.3) is 0 Å². The monoisotopic (exact) mass is 255 g/mol. The molecule has 0 radical (unpaired) electrons. The fraction of sp³-hybridized carbons (Fsp3) is 1.00. The van der Waals surface area contributed by atoms with Crippen LogP contribution in [0.4, 0.5) is 0 Å². The molecular weight excluding hydrogens is 222 g/mol. The second kappa shape index (κ2) is 8.16. The number of hydrogen-bond acceptors (Lipinski definition) is 2.